The molecule has 2 amide bonds. The third-order valence-corrected chi connectivity index (χ3v) is 7.75. The molecular weight excluding hydrogens is 469 g/mol. The van der Waals surface area contributed by atoms with Crippen molar-refractivity contribution in [2.75, 3.05) is 37.6 Å². The Balaban J connectivity index is 1.06. The molecule has 194 valence electrons. The van der Waals surface area contributed by atoms with E-state index < -0.39 is 11.7 Å². The van der Waals surface area contributed by atoms with E-state index in [1.54, 1.807) is 0 Å². The van der Waals surface area contributed by atoms with Gasteiger partial charge in [0.05, 0.1) is 5.56 Å². The van der Waals surface area contributed by atoms with Crippen molar-refractivity contribution in [2.45, 2.75) is 51.5 Å². The normalized spacial score (nSPS) is 24.4. The van der Waals surface area contributed by atoms with Crippen molar-refractivity contribution in [3.8, 4) is 0 Å². The Labute approximate surface area is 209 Å². The highest BCUT2D eigenvalue weighted by Crippen LogP contribution is 2.51. The van der Waals surface area contributed by atoms with E-state index in [1.165, 1.54) is 5.56 Å². The van der Waals surface area contributed by atoms with E-state index in [2.05, 4.69) is 44.5 Å². The van der Waals surface area contributed by atoms with E-state index in [0.29, 0.717) is 31.0 Å². The van der Waals surface area contributed by atoms with Gasteiger partial charge in [0.2, 0.25) is 5.95 Å². The third-order valence-electron chi connectivity index (χ3n) is 7.75. The first-order valence-electron chi connectivity index (χ1n) is 12.6. The number of halogens is 3. The first kappa shape index (κ1) is 24.8. The summed E-state index contributed by atoms with van der Waals surface area (Å²) in [6, 6.07) is 10.2. The third kappa shape index (κ3) is 5.14. The Bertz CT molecular complexity index is 1040. The van der Waals surface area contributed by atoms with Gasteiger partial charge in [0.1, 0.15) is 0 Å². The lowest BCUT2D eigenvalue weighted by molar-refractivity contribution is -0.138. The Kier molecular flexibility index (Phi) is 6.57. The highest BCUT2D eigenvalue weighted by molar-refractivity contribution is 5.75. The summed E-state index contributed by atoms with van der Waals surface area (Å²) in [7, 11) is 0. The van der Waals surface area contributed by atoms with Gasteiger partial charge >= 0.3 is 12.2 Å². The van der Waals surface area contributed by atoms with Crippen molar-refractivity contribution < 1.29 is 18.0 Å². The average molecular weight is 503 g/mol. The molecule has 2 atom stereocenters. The van der Waals surface area contributed by atoms with Gasteiger partial charge in [0, 0.05) is 63.7 Å². The van der Waals surface area contributed by atoms with Crippen LogP contribution in [-0.4, -0.2) is 70.6 Å². The maximum atomic E-state index is 13.0. The summed E-state index contributed by atoms with van der Waals surface area (Å²) < 4.78 is 38.4. The molecule has 10 heteroatoms. The molecule has 3 heterocycles. The smallest absolute Gasteiger partial charge is 0.338 e. The lowest BCUT2D eigenvalue weighted by Crippen LogP contribution is -2.64. The van der Waals surface area contributed by atoms with Gasteiger partial charge < -0.3 is 15.1 Å². The van der Waals surface area contributed by atoms with Crippen LogP contribution >= 0.6 is 0 Å². The fourth-order valence-corrected chi connectivity index (χ4v) is 6.26. The van der Waals surface area contributed by atoms with Crippen LogP contribution in [0.1, 0.15) is 37.8 Å². The molecule has 1 saturated carbocycles. The minimum Gasteiger partial charge on any atom is -0.338 e. The van der Waals surface area contributed by atoms with E-state index in [-0.39, 0.29) is 24.1 Å². The Morgan fingerprint density at radius 2 is 1.67 bits per heavy atom. The van der Waals surface area contributed by atoms with Gasteiger partial charge in [-0.3, -0.25) is 4.90 Å². The minimum absolute atomic E-state index is 0.0803. The van der Waals surface area contributed by atoms with Crippen molar-refractivity contribution in [3.05, 3.63) is 53.9 Å². The number of anilines is 1. The number of urea groups is 1. The Hall–Kier alpha value is -2.88. The molecule has 3 aliphatic rings. The lowest BCUT2D eigenvalue weighted by Gasteiger charge is -2.59. The number of benzene rings is 1. The number of alkyl halides is 3. The lowest BCUT2D eigenvalue weighted by atomic mass is 9.57. The summed E-state index contributed by atoms with van der Waals surface area (Å²) in [4.78, 5) is 27.0. The molecule has 1 aromatic carbocycles. The minimum atomic E-state index is -4.46. The van der Waals surface area contributed by atoms with E-state index in [9.17, 15) is 18.0 Å². The van der Waals surface area contributed by atoms with Crippen LogP contribution < -0.4 is 10.2 Å². The van der Waals surface area contributed by atoms with Crippen molar-refractivity contribution >= 4 is 12.0 Å². The second kappa shape index (κ2) is 9.53. The topological polar surface area (TPSA) is 64.6 Å². The summed E-state index contributed by atoms with van der Waals surface area (Å²) in [6.07, 6.45) is -0.530. The van der Waals surface area contributed by atoms with E-state index >= 15 is 0 Å². The highest BCUT2D eigenvalue weighted by Gasteiger charge is 2.51. The van der Waals surface area contributed by atoms with Crippen LogP contribution in [0.5, 0.6) is 0 Å². The number of hydrogen-bond acceptors (Lipinski definition) is 5. The molecule has 2 saturated heterocycles. The molecule has 36 heavy (non-hydrogen) atoms. The van der Waals surface area contributed by atoms with E-state index in [1.807, 2.05) is 29.7 Å². The number of piperazine rings is 1. The Morgan fingerprint density at radius 1 is 1.06 bits per heavy atom. The zero-order chi connectivity index (χ0) is 25.5. The van der Waals surface area contributed by atoms with Crippen LogP contribution in [0.2, 0.25) is 0 Å². The molecule has 1 aromatic heterocycles. The number of amides is 2. The van der Waals surface area contributed by atoms with Gasteiger partial charge in [-0.1, -0.05) is 30.3 Å². The number of rotatable bonds is 5. The van der Waals surface area contributed by atoms with Gasteiger partial charge in [-0.25, -0.2) is 14.8 Å². The summed E-state index contributed by atoms with van der Waals surface area (Å²) >= 11 is 0. The van der Waals surface area contributed by atoms with E-state index in [4.69, 9.17) is 0 Å². The molecule has 1 aliphatic carbocycles. The van der Waals surface area contributed by atoms with Crippen molar-refractivity contribution in [3.63, 3.8) is 0 Å². The van der Waals surface area contributed by atoms with Crippen LogP contribution in [0.4, 0.5) is 23.9 Å². The monoisotopic (exact) mass is 502 g/mol. The first-order valence-corrected chi connectivity index (χ1v) is 12.6. The van der Waals surface area contributed by atoms with Crippen molar-refractivity contribution in [2.24, 2.45) is 11.3 Å². The van der Waals surface area contributed by atoms with Gasteiger partial charge in [-0.2, -0.15) is 13.2 Å². The maximum absolute atomic E-state index is 13.0. The zero-order valence-electron chi connectivity index (χ0n) is 20.7. The molecule has 0 radical (unpaired) electrons. The number of nitrogens with zero attached hydrogens (tertiary/aromatic N) is 5. The molecule has 2 aromatic rings. The van der Waals surface area contributed by atoms with E-state index in [0.717, 1.165) is 44.9 Å². The summed E-state index contributed by atoms with van der Waals surface area (Å²) in [5, 5.41) is 3.13. The number of hydrogen-bond donors (Lipinski definition) is 1. The van der Waals surface area contributed by atoms with Crippen LogP contribution in [-0.2, 0) is 12.7 Å². The van der Waals surface area contributed by atoms with Gasteiger partial charge in [0.15, 0.2) is 0 Å². The molecule has 3 fully saturated rings. The molecular formula is C26H33F3N6O. The predicted molar refractivity (Wildman–Crippen MR) is 130 cm³/mol. The fourth-order valence-electron chi connectivity index (χ4n) is 6.26. The second-order valence-corrected chi connectivity index (χ2v) is 10.9. The molecule has 1 N–H and O–H groups in total. The standard InChI is InChI=1S/C26H33F3N6O/c1-18-13-34(23-30-11-22(12-31-23)26(27,28)29)14-19(2)35(18)24(36)32-10-21-8-25(9-21)16-33(17-25)15-20-6-4-3-5-7-20/h3-7,11-12,18-19,21H,8-10,13-17H2,1-2H3,(H,32,36)/t18-,19-/m1/s1. The van der Waals surface area contributed by atoms with Crippen molar-refractivity contribution in [1.82, 2.24) is 25.1 Å². The quantitative estimate of drug-likeness (QED) is 0.669. The maximum Gasteiger partial charge on any atom is 0.419 e. The molecule has 5 rings (SSSR count). The average Bonchev–Trinajstić information content (AvgIpc) is 2.78. The van der Waals surface area contributed by atoms with Crippen LogP contribution in [0.3, 0.4) is 0 Å². The Morgan fingerprint density at radius 3 is 2.25 bits per heavy atom. The molecule has 2 aliphatic heterocycles. The number of carbonyl (C=O) groups is 1. The van der Waals surface area contributed by atoms with Crippen LogP contribution in [0, 0.1) is 11.3 Å². The molecule has 1 spiro atoms. The predicted octanol–water partition coefficient (Wildman–Crippen LogP) is 4.02. The summed E-state index contributed by atoms with van der Waals surface area (Å²) in [6.45, 7) is 8.77. The fraction of sp³-hybridized carbons (Fsp3) is 0.577. The summed E-state index contributed by atoms with van der Waals surface area (Å²) in [5.74, 6) is 0.767. The highest BCUT2D eigenvalue weighted by atomic mass is 19.4. The van der Waals surface area contributed by atoms with Crippen LogP contribution in [0.15, 0.2) is 42.7 Å². The van der Waals surface area contributed by atoms with Crippen LogP contribution in [0.25, 0.3) is 0 Å². The van der Waals surface area contributed by atoms with Gasteiger partial charge in [-0.05, 0) is 43.6 Å². The number of aromatic nitrogens is 2. The largest absolute Gasteiger partial charge is 0.419 e. The van der Waals surface area contributed by atoms with Crippen molar-refractivity contribution in [1.29, 1.82) is 0 Å². The first-order chi connectivity index (χ1) is 17.1. The zero-order valence-corrected chi connectivity index (χ0v) is 20.7. The summed E-state index contributed by atoms with van der Waals surface area (Å²) in [5.41, 5.74) is 0.913. The SMILES string of the molecule is C[C@@H]1CN(c2ncc(C(F)(F)F)cn2)C[C@@H](C)N1C(=O)NCC1CC2(C1)CN(Cc1ccccc1)C2. The number of likely N-dealkylation sites (tertiary alicyclic amines) is 1. The molecule has 7 nitrogen and oxygen atoms in total. The second-order valence-electron chi connectivity index (χ2n) is 10.9. The number of nitrogens with one attached hydrogen (secondary N) is 1. The molecule has 0 bridgehead atoms. The number of carbonyl (C=O) groups excluding carboxylic acids is 1. The van der Waals surface area contributed by atoms with Gasteiger partial charge in [-0.15, -0.1) is 0 Å². The van der Waals surface area contributed by atoms with Gasteiger partial charge in [0.25, 0.3) is 0 Å². The molecule has 0 unspecified atom stereocenters.